The van der Waals surface area contributed by atoms with E-state index >= 15 is 0 Å². The van der Waals surface area contributed by atoms with Gasteiger partial charge in [0.2, 0.25) is 0 Å². The van der Waals surface area contributed by atoms with E-state index < -0.39 is 0 Å². The number of hydrogen-bond acceptors (Lipinski definition) is 2. The van der Waals surface area contributed by atoms with E-state index in [0.717, 1.165) is 0 Å². The predicted octanol–water partition coefficient (Wildman–Crippen LogP) is 2.37. The lowest BCUT2D eigenvalue weighted by molar-refractivity contribution is 0.589. The van der Waals surface area contributed by atoms with Crippen LogP contribution in [0.5, 0.6) is 0 Å². The molecular weight excluding hydrogens is 210 g/mol. The largest absolute Gasteiger partial charge is 0.385 e. The van der Waals surface area contributed by atoms with Crippen molar-refractivity contribution in [1.82, 2.24) is 0 Å². The first kappa shape index (κ1) is 13.6. The molecule has 0 heterocycles. The van der Waals surface area contributed by atoms with Gasteiger partial charge >= 0.3 is 0 Å². The summed E-state index contributed by atoms with van der Waals surface area (Å²) < 4.78 is 0. The number of hydrogen-bond donors (Lipinski definition) is 2. The molecular formula is C14H23N3. The highest BCUT2D eigenvalue weighted by atomic mass is 15.1. The number of benzene rings is 1. The van der Waals surface area contributed by atoms with Crippen molar-refractivity contribution in [3.63, 3.8) is 0 Å². The maximum Gasteiger partial charge on any atom is 0.123 e. The van der Waals surface area contributed by atoms with Crippen LogP contribution in [0, 0.1) is 13.8 Å². The molecule has 4 N–H and O–H groups in total. The monoisotopic (exact) mass is 233 g/mol. The summed E-state index contributed by atoms with van der Waals surface area (Å²) in [7, 11) is 0. The molecule has 17 heavy (non-hydrogen) atoms. The van der Waals surface area contributed by atoms with Crippen molar-refractivity contribution < 1.29 is 0 Å². The molecule has 0 fully saturated rings. The first-order chi connectivity index (χ1) is 7.75. The molecule has 1 aromatic rings. The fourth-order valence-electron chi connectivity index (χ4n) is 1.93. The van der Waals surface area contributed by atoms with E-state index in [1.807, 2.05) is 0 Å². The fraction of sp³-hybridized carbons (Fsp3) is 0.500. The van der Waals surface area contributed by atoms with E-state index in [1.165, 1.54) is 22.3 Å². The van der Waals surface area contributed by atoms with Crippen molar-refractivity contribution in [3.05, 3.63) is 34.4 Å². The predicted molar refractivity (Wildman–Crippen MR) is 74.1 cm³/mol. The second-order valence-electron chi connectivity index (χ2n) is 5.64. The van der Waals surface area contributed by atoms with Gasteiger partial charge in [0.15, 0.2) is 0 Å². The molecule has 0 aliphatic heterocycles. The average Bonchev–Trinajstić information content (AvgIpc) is 2.21. The zero-order chi connectivity index (χ0) is 13.2. The van der Waals surface area contributed by atoms with Crippen molar-refractivity contribution in [1.29, 1.82) is 0 Å². The Hall–Kier alpha value is -1.51. The lowest BCUT2D eigenvalue weighted by Crippen LogP contribution is -2.19. The Morgan fingerprint density at radius 3 is 2.00 bits per heavy atom. The third-order valence-electron chi connectivity index (χ3n) is 3.09. The van der Waals surface area contributed by atoms with Gasteiger partial charge in [0.25, 0.3) is 0 Å². The zero-order valence-electron chi connectivity index (χ0n) is 11.5. The van der Waals surface area contributed by atoms with Crippen LogP contribution in [0.3, 0.4) is 0 Å². The molecule has 0 aliphatic carbocycles. The van der Waals surface area contributed by atoms with Gasteiger partial charge in [-0.15, -0.1) is 0 Å². The van der Waals surface area contributed by atoms with E-state index in [1.54, 1.807) is 0 Å². The Labute approximate surface area is 104 Å². The molecule has 3 heteroatoms. The van der Waals surface area contributed by atoms with Crippen molar-refractivity contribution in [2.75, 3.05) is 0 Å². The van der Waals surface area contributed by atoms with E-state index in [-0.39, 0.29) is 5.41 Å². The van der Waals surface area contributed by atoms with E-state index in [9.17, 15) is 0 Å². The van der Waals surface area contributed by atoms with Gasteiger partial charge in [-0.25, -0.2) is 0 Å². The molecule has 94 valence electrons. The first-order valence-corrected chi connectivity index (χ1v) is 5.88. The van der Waals surface area contributed by atoms with Crippen molar-refractivity contribution in [2.45, 2.75) is 46.5 Å². The number of aryl methyl sites for hydroxylation is 2. The second kappa shape index (κ2) is 4.78. The summed E-state index contributed by atoms with van der Waals surface area (Å²) in [6.07, 6.45) is 0.624. The molecule has 0 radical (unpaired) electrons. The number of nitrogens with zero attached hydrogens (tertiary/aromatic N) is 1. The molecule has 1 aromatic carbocycles. The Balaban J connectivity index is 3.20. The van der Waals surface area contributed by atoms with Crippen LogP contribution in [0.2, 0.25) is 0 Å². The summed E-state index contributed by atoms with van der Waals surface area (Å²) in [6, 6.07) is 4.46. The van der Waals surface area contributed by atoms with Gasteiger partial charge in [0.05, 0.1) is 0 Å². The molecule has 0 bridgehead atoms. The number of rotatable bonds is 2. The lowest BCUT2D eigenvalue weighted by Gasteiger charge is -2.22. The van der Waals surface area contributed by atoms with Gasteiger partial charge in [-0.1, -0.05) is 32.9 Å². The Morgan fingerprint density at radius 2 is 1.65 bits per heavy atom. The highest BCUT2D eigenvalue weighted by molar-refractivity contribution is 5.83. The molecule has 0 saturated carbocycles. The topological polar surface area (TPSA) is 64.4 Å². The number of nitrogens with two attached hydrogens (primary N) is 2. The van der Waals surface area contributed by atoms with Crippen molar-refractivity contribution in [2.24, 2.45) is 16.7 Å². The molecule has 0 atom stereocenters. The van der Waals surface area contributed by atoms with E-state index in [2.05, 4.69) is 51.9 Å². The summed E-state index contributed by atoms with van der Waals surface area (Å²) >= 11 is 0. The summed E-state index contributed by atoms with van der Waals surface area (Å²) in [5.74, 6) is 5.65. The molecule has 0 aliphatic rings. The van der Waals surface area contributed by atoms with Gasteiger partial charge in [0, 0.05) is 6.42 Å². The van der Waals surface area contributed by atoms with Crippen LogP contribution in [0.25, 0.3) is 0 Å². The van der Waals surface area contributed by atoms with Gasteiger partial charge in [-0.2, -0.15) is 5.10 Å². The smallest absolute Gasteiger partial charge is 0.123 e. The van der Waals surface area contributed by atoms with Gasteiger partial charge in [-0.05, 0) is 41.5 Å². The lowest BCUT2D eigenvalue weighted by atomic mass is 9.83. The van der Waals surface area contributed by atoms with Crippen LogP contribution < -0.4 is 11.6 Å². The van der Waals surface area contributed by atoms with E-state index in [4.69, 9.17) is 11.6 Å². The standard InChI is InChI=1S/C14H23N3/c1-9-6-11(14(3,4)5)7-10(2)12(9)8-13(15)17-16/h6-7H,8,16H2,1-5H3,(H2,15,17). The van der Waals surface area contributed by atoms with Gasteiger partial charge in [0.1, 0.15) is 5.84 Å². The van der Waals surface area contributed by atoms with Crippen LogP contribution in [0.1, 0.15) is 43.0 Å². The minimum absolute atomic E-state index is 0.168. The van der Waals surface area contributed by atoms with Crippen molar-refractivity contribution in [3.8, 4) is 0 Å². The van der Waals surface area contributed by atoms with Crippen LogP contribution in [-0.4, -0.2) is 5.84 Å². The van der Waals surface area contributed by atoms with Crippen LogP contribution in [0.4, 0.5) is 0 Å². The first-order valence-electron chi connectivity index (χ1n) is 5.88. The second-order valence-corrected chi connectivity index (χ2v) is 5.64. The third-order valence-corrected chi connectivity index (χ3v) is 3.09. The van der Waals surface area contributed by atoms with E-state index in [0.29, 0.717) is 12.3 Å². The molecule has 0 aromatic heterocycles. The Kier molecular flexibility index (Phi) is 3.81. The quantitative estimate of drug-likeness (QED) is 0.356. The zero-order valence-corrected chi connectivity index (χ0v) is 11.5. The minimum Gasteiger partial charge on any atom is -0.385 e. The van der Waals surface area contributed by atoms with Crippen LogP contribution in [-0.2, 0) is 11.8 Å². The fourth-order valence-corrected chi connectivity index (χ4v) is 1.93. The Morgan fingerprint density at radius 1 is 1.18 bits per heavy atom. The maximum atomic E-state index is 5.69. The summed E-state index contributed by atoms with van der Waals surface area (Å²) in [6.45, 7) is 10.9. The normalized spacial score (nSPS) is 12.9. The molecule has 0 unspecified atom stereocenters. The summed E-state index contributed by atoms with van der Waals surface area (Å²) in [5, 5.41) is 3.53. The molecule has 3 nitrogen and oxygen atoms in total. The average molecular weight is 233 g/mol. The molecule has 1 rings (SSSR count). The molecule has 0 spiro atoms. The minimum atomic E-state index is 0.168. The van der Waals surface area contributed by atoms with Crippen molar-refractivity contribution >= 4 is 5.84 Å². The van der Waals surface area contributed by atoms with Gasteiger partial charge < -0.3 is 11.6 Å². The third kappa shape index (κ3) is 3.22. The highest BCUT2D eigenvalue weighted by Crippen LogP contribution is 2.27. The summed E-state index contributed by atoms with van der Waals surface area (Å²) in [4.78, 5) is 0. The molecule has 0 saturated heterocycles. The molecule has 0 amide bonds. The van der Waals surface area contributed by atoms with Crippen LogP contribution >= 0.6 is 0 Å². The number of hydrazone groups is 1. The number of amidine groups is 1. The highest BCUT2D eigenvalue weighted by Gasteiger charge is 2.16. The Bertz CT molecular complexity index is 416. The SMILES string of the molecule is Cc1cc(C(C)(C)C)cc(C)c1C/C(N)=N/N. The summed E-state index contributed by atoms with van der Waals surface area (Å²) in [5.41, 5.74) is 10.9. The van der Waals surface area contributed by atoms with Gasteiger partial charge in [-0.3, -0.25) is 0 Å². The van der Waals surface area contributed by atoms with Crippen LogP contribution in [0.15, 0.2) is 17.2 Å². The maximum absolute atomic E-state index is 5.69.